The van der Waals surface area contributed by atoms with Crippen LogP contribution in [0, 0.1) is 5.82 Å². The van der Waals surface area contributed by atoms with Crippen LogP contribution in [0.15, 0.2) is 53.8 Å². The lowest BCUT2D eigenvalue weighted by molar-refractivity contribution is 0.0562. The van der Waals surface area contributed by atoms with Crippen LogP contribution in [0.25, 0.3) is 28.0 Å². The lowest BCUT2D eigenvalue weighted by Crippen LogP contribution is -2.46. The van der Waals surface area contributed by atoms with Crippen molar-refractivity contribution in [3.63, 3.8) is 0 Å². The quantitative estimate of drug-likeness (QED) is 0.288. The molecule has 15 heteroatoms. The number of sulfone groups is 1. The summed E-state index contributed by atoms with van der Waals surface area (Å²) in [5, 5.41) is 14.6. The average Bonchev–Trinajstić information content (AvgIpc) is 3.75. The molecule has 2 bridgehead atoms. The first-order chi connectivity index (χ1) is 21.1. The third kappa shape index (κ3) is 4.54. The van der Waals surface area contributed by atoms with Gasteiger partial charge in [0.05, 0.1) is 30.9 Å². The molecule has 6 heterocycles. The molecule has 3 N–H and O–H groups in total. The molecule has 2 saturated heterocycles. The largest absolute Gasteiger partial charge is 0.494 e. The Morgan fingerprint density at radius 1 is 1.09 bits per heavy atom. The van der Waals surface area contributed by atoms with Gasteiger partial charge in [-0.25, -0.2) is 17.8 Å². The number of halogens is 1. The van der Waals surface area contributed by atoms with Gasteiger partial charge < -0.3 is 15.4 Å². The fourth-order valence-electron chi connectivity index (χ4n) is 6.60. The van der Waals surface area contributed by atoms with Gasteiger partial charge in [-0.15, -0.1) is 0 Å². The molecular weight excluding hydrogens is 589 g/mol. The molecule has 0 radical (unpaired) electrons. The van der Waals surface area contributed by atoms with Gasteiger partial charge in [-0.1, -0.05) is 6.07 Å². The second-order valence-corrected chi connectivity index (χ2v) is 13.1. The van der Waals surface area contributed by atoms with E-state index in [0.717, 1.165) is 19.1 Å². The zero-order valence-electron chi connectivity index (χ0n) is 23.8. The molecule has 44 heavy (non-hydrogen) atoms. The molecule has 5 aromatic rings. The number of methoxy groups -OCH3 is 1. The third-order valence-corrected chi connectivity index (χ3v) is 9.70. The number of rotatable bonds is 6. The van der Waals surface area contributed by atoms with E-state index in [2.05, 4.69) is 25.5 Å². The van der Waals surface area contributed by atoms with Crippen LogP contribution >= 0.6 is 0 Å². The zero-order valence-corrected chi connectivity index (χ0v) is 24.6. The molecule has 7 rings (SSSR count). The van der Waals surface area contributed by atoms with E-state index in [9.17, 15) is 17.6 Å². The molecule has 1 aromatic carbocycles. The number of ether oxygens (including phenoxy) is 1. The van der Waals surface area contributed by atoms with Gasteiger partial charge in [-0.2, -0.15) is 25.0 Å². The van der Waals surface area contributed by atoms with Gasteiger partial charge in [0.1, 0.15) is 10.7 Å². The predicted molar refractivity (Wildman–Crippen MR) is 157 cm³/mol. The first kappa shape index (κ1) is 27.9. The maximum absolute atomic E-state index is 14.3. The number of fused-ring (bicyclic) bond motifs is 3. The van der Waals surface area contributed by atoms with Gasteiger partial charge in [-0.3, -0.25) is 9.78 Å². The van der Waals surface area contributed by atoms with E-state index in [1.165, 1.54) is 23.9 Å². The number of carbonyl (C=O) groups excluding carboxylic acids is 1. The Bertz CT molecular complexity index is 2000. The molecule has 3 atom stereocenters. The van der Waals surface area contributed by atoms with E-state index in [4.69, 9.17) is 15.5 Å². The highest BCUT2D eigenvalue weighted by Gasteiger charge is 2.46. The molecule has 0 unspecified atom stereocenters. The van der Waals surface area contributed by atoms with Crippen LogP contribution in [0.2, 0.25) is 0 Å². The van der Waals surface area contributed by atoms with Gasteiger partial charge in [0, 0.05) is 47.1 Å². The number of hydrogen-bond donors (Lipinski definition) is 2. The summed E-state index contributed by atoms with van der Waals surface area (Å²) in [7, 11) is -2.38. The second kappa shape index (κ2) is 10.4. The number of anilines is 1. The summed E-state index contributed by atoms with van der Waals surface area (Å²) >= 11 is 0. The highest BCUT2D eigenvalue weighted by atomic mass is 32.2. The number of aromatic nitrogens is 7. The van der Waals surface area contributed by atoms with Crippen molar-refractivity contribution in [3.8, 4) is 28.1 Å². The molecule has 0 spiro atoms. The van der Waals surface area contributed by atoms with E-state index in [1.807, 2.05) is 11.0 Å². The van der Waals surface area contributed by atoms with E-state index in [1.54, 1.807) is 30.6 Å². The molecular formula is C29H28FN9O4S. The van der Waals surface area contributed by atoms with Crippen molar-refractivity contribution >= 4 is 27.2 Å². The van der Waals surface area contributed by atoms with Crippen LogP contribution in [0.1, 0.15) is 47.8 Å². The Kier molecular flexibility index (Phi) is 6.57. The summed E-state index contributed by atoms with van der Waals surface area (Å²) in [6.07, 6.45) is 8.38. The van der Waals surface area contributed by atoms with Crippen molar-refractivity contribution in [1.29, 1.82) is 0 Å². The summed E-state index contributed by atoms with van der Waals surface area (Å²) in [6.45, 7) is 0. The number of nitrogens with one attached hydrogen (secondary N) is 1. The number of nitrogens with two attached hydrogens (primary N) is 1. The monoisotopic (exact) mass is 617 g/mol. The van der Waals surface area contributed by atoms with Crippen LogP contribution in [0.5, 0.6) is 5.75 Å². The first-order valence-corrected chi connectivity index (χ1v) is 15.9. The number of aromatic amines is 1. The number of pyridine rings is 1. The molecule has 2 fully saturated rings. The highest BCUT2D eigenvalue weighted by molar-refractivity contribution is 7.91. The van der Waals surface area contributed by atoms with Crippen molar-refractivity contribution in [1.82, 2.24) is 39.9 Å². The van der Waals surface area contributed by atoms with Crippen LogP contribution < -0.4 is 10.5 Å². The zero-order chi connectivity index (χ0) is 30.7. The second-order valence-electron chi connectivity index (χ2n) is 11.2. The van der Waals surface area contributed by atoms with Crippen LogP contribution in [-0.4, -0.2) is 79.7 Å². The molecule has 4 aromatic heterocycles. The molecule has 0 aliphatic carbocycles. The number of H-pyrrole nitrogens is 1. The summed E-state index contributed by atoms with van der Waals surface area (Å²) < 4.78 is 46.8. The number of carbonyl (C=O) groups is 1. The lowest BCUT2D eigenvalue weighted by atomic mass is 9.87. The van der Waals surface area contributed by atoms with Gasteiger partial charge >= 0.3 is 0 Å². The van der Waals surface area contributed by atoms with E-state index < -0.39 is 15.7 Å². The molecule has 2 aliphatic rings. The number of piperidine rings is 1. The minimum absolute atomic E-state index is 0.0227. The summed E-state index contributed by atoms with van der Waals surface area (Å²) in [5.74, 6) is -0.814. The number of nitrogen functional groups attached to an aromatic ring is 1. The Morgan fingerprint density at radius 2 is 1.84 bits per heavy atom. The van der Waals surface area contributed by atoms with Crippen molar-refractivity contribution in [2.45, 2.75) is 48.6 Å². The predicted octanol–water partition coefficient (Wildman–Crippen LogP) is 3.26. The van der Waals surface area contributed by atoms with Gasteiger partial charge in [0.25, 0.3) is 5.91 Å². The van der Waals surface area contributed by atoms with E-state index in [0.29, 0.717) is 46.6 Å². The fraction of sp³-hybridized carbons (Fsp3) is 0.310. The fourth-order valence-corrected chi connectivity index (χ4v) is 7.66. The van der Waals surface area contributed by atoms with E-state index in [-0.39, 0.29) is 46.1 Å². The number of amides is 1. The molecule has 13 nitrogen and oxygen atoms in total. The maximum Gasteiger partial charge on any atom is 0.276 e. The molecule has 1 amide bonds. The van der Waals surface area contributed by atoms with Gasteiger partial charge in [-0.05, 0) is 49.9 Å². The Balaban J connectivity index is 1.26. The van der Waals surface area contributed by atoms with Crippen molar-refractivity contribution in [2.75, 3.05) is 19.1 Å². The summed E-state index contributed by atoms with van der Waals surface area (Å²) in [6, 6.07) is 8.00. The maximum atomic E-state index is 14.3. The average molecular weight is 618 g/mol. The number of benzene rings is 1. The van der Waals surface area contributed by atoms with Gasteiger partial charge in [0.15, 0.2) is 32.7 Å². The standard InChI is InChI=1S/C29H28FN9O4S/c1-43-24-8-4-15(11-21(24)30)22-7-3-16(12-32-22)20-13-34-39-27(31)26(44(2,41)42)25(35-28(20)39)17-9-18-5-6-19(10-17)38(18)29(40)23-14-33-37-36-23/h3-4,7-8,11-14,17-19H,5-6,9-10,31H2,1-2H3,(H,33,36,37)/t17-,18+,19-. The normalized spacial score (nSPS) is 19.9. The first-order valence-electron chi connectivity index (χ1n) is 14.0. The highest BCUT2D eigenvalue weighted by Crippen LogP contribution is 2.45. The minimum Gasteiger partial charge on any atom is -0.494 e. The minimum atomic E-state index is -3.79. The number of hydrogen-bond acceptors (Lipinski definition) is 10. The van der Waals surface area contributed by atoms with Crippen LogP contribution in [0.3, 0.4) is 0 Å². The van der Waals surface area contributed by atoms with E-state index >= 15 is 0 Å². The smallest absolute Gasteiger partial charge is 0.276 e. The van der Waals surface area contributed by atoms with Crippen molar-refractivity contribution in [3.05, 3.63) is 66.1 Å². The summed E-state index contributed by atoms with van der Waals surface area (Å²) in [5.41, 5.74) is 9.95. The Labute approximate surface area is 251 Å². The Morgan fingerprint density at radius 3 is 2.45 bits per heavy atom. The molecule has 226 valence electrons. The van der Waals surface area contributed by atoms with Gasteiger partial charge in [0.2, 0.25) is 0 Å². The molecule has 2 aliphatic heterocycles. The summed E-state index contributed by atoms with van der Waals surface area (Å²) in [4.78, 5) is 24.4. The SMILES string of the molecule is COc1ccc(-c2ccc(-c3cnn4c(N)c(S(C)(=O)=O)c([C@H]5C[C@H]6CC[C@@H](C5)N6C(=O)c5cn[nH]n5)nc34)cn2)cc1F. The third-order valence-electron chi connectivity index (χ3n) is 8.54. The molecule has 0 saturated carbocycles. The van der Waals surface area contributed by atoms with Crippen molar-refractivity contribution < 1.29 is 22.3 Å². The van der Waals surface area contributed by atoms with Crippen LogP contribution in [0.4, 0.5) is 10.2 Å². The topological polar surface area (TPSA) is 174 Å². The lowest BCUT2D eigenvalue weighted by Gasteiger charge is -2.38. The van der Waals surface area contributed by atoms with Crippen molar-refractivity contribution in [2.24, 2.45) is 0 Å². The van der Waals surface area contributed by atoms with Crippen LogP contribution in [-0.2, 0) is 9.84 Å². The Hall–Kier alpha value is -4.92. The number of nitrogens with zero attached hydrogens (tertiary/aromatic N) is 7.